The summed E-state index contributed by atoms with van der Waals surface area (Å²) in [7, 11) is 0. The van der Waals surface area contributed by atoms with Gasteiger partial charge in [-0.1, -0.05) is 19.2 Å². The molecule has 0 aliphatic rings. The molecule has 0 radical (unpaired) electrons. The van der Waals surface area contributed by atoms with Crippen LogP contribution < -0.4 is 4.74 Å². The van der Waals surface area contributed by atoms with Gasteiger partial charge in [-0.2, -0.15) is 0 Å². The highest BCUT2D eigenvalue weighted by Crippen LogP contribution is 2.17. The van der Waals surface area contributed by atoms with E-state index < -0.39 is 0 Å². The number of aromatic nitrogens is 4. The van der Waals surface area contributed by atoms with Crippen molar-refractivity contribution in [2.75, 3.05) is 0 Å². The van der Waals surface area contributed by atoms with Crippen LogP contribution in [0.2, 0.25) is 0 Å². The maximum Gasteiger partial charge on any atom is 0.253 e. The Kier molecular flexibility index (Phi) is 3.32. The molecule has 0 bridgehead atoms. The van der Waals surface area contributed by atoms with E-state index in [4.69, 9.17) is 4.74 Å². The highest BCUT2D eigenvalue weighted by atomic mass is 35.5. The summed E-state index contributed by atoms with van der Waals surface area (Å²) in [4.78, 5) is 0. The van der Waals surface area contributed by atoms with Gasteiger partial charge in [0.25, 0.3) is 11.8 Å². The summed E-state index contributed by atoms with van der Waals surface area (Å²) < 4.78 is 12.4. The second kappa shape index (κ2) is 4.29. The Hall–Kier alpha value is -0.790. The van der Waals surface area contributed by atoms with Gasteiger partial charge in [0.2, 0.25) is 0 Å². The van der Waals surface area contributed by atoms with Gasteiger partial charge in [0.05, 0.1) is 10.8 Å². The molecule has 2 aromatic rings. The highest BCUT2D eigenvalue weighted by Gasteiger charge is 2.00. The number of halogens is 1. The highest BCUT2D eigenvalue weighted by molar-refractivity contribution is 7.03. The van der Waals surface area contributed by atoms with Crippen molar-refractivity contribution in [2.45, 2.75) is 0 Å². The monoisotopic (exact) mass is 222 g/mol. The Balaban J connectivity index is 0.000000720. The van der Waals surface area contributed by atoms with Crippen LogP contribution in [0.25, 0.3) is 0 Å². The first-order valence-electron chi connectivity index (χ1n) is 2.67. The Bertz CT molecular complexity index is 277. The van der Waals surface area contributed by atoms with E-state index in [1.165, 1.54) is 23.1 Å². The Labute approximate surface area is 82.1 Å². The van der Waals surface area contributed by atoms with Crippen LogP contribution in [0.4, 0.5) is 0 Å². The van der Waals surface area contributed by atoms with Crippen LogP contribution in [0.1, 0.15) is 0 Å². The molecule has 0 atom stereocenters. The van der Waals surface area contributed by atoms with Crippen molar-refractivity contribution >= 4 is 35.5 Å². The SMILES string of the molecule is Cl.c1snnc1Oc1csnn1. The molecule has 0 saturated heterocycles. The molecule has 0 aliphatic heterocycles. The lowest BCUT2D eigenvalue weighted by Crippen LogP contribution is -1.83. The number of nitrogens with zero attached hydrogens (tertiary/aromatic N) is 4. The zero-order valence-corrected chi connectivity index (χ0v) is 8.03. The summed E-state index contributed by atoms with van der Waals surface area (Å²) in [6.07, 6.45) is 0. The summed E-state index contributed by atoms with van der Waals surface area (Å²) in [5.41, 5.74) is 0. The minimum atomic E-state index is 0. The number of hydrogen-bond donors (Lipinski definition) is 0. The predicted octanol–water partition coefficient (Wildman–Crippen LogP) is 1.60. The molecule has 12 heavy (non-hydrogen) atoms. The van der Waals surface area contributed by atoms with Gasteiger partial charge < -0.3 is 4.74 Å². The molecule has 0 spiro atoms. The van der Waals surface area contributed by atoms with E-state index >= 15 is 0 Å². The first-order chi connectivity index (χ1) is 5.45. The maximum atomic E-state index is 5.13. The van der Waals surface area contributed by atoms with E-state index in [0.717, 1.165) is 0 Å². The molecule has 2 rings (SSSR count). The Morgan fingerprint density at radius 1 is 1.00 bits per heavy atom. The average Bonchev–Trinajstić information content (AvgIpc) is 2.60. The quantitative estimate of drug-likeness (QED) is 0.773. The molecular formula is C4H3ClN4OS2. The first kappa shape index (κ1) is 9.30. The topological polar surface area (TPSA) is 60.8 Å². The largest absolute Gasteiger partial charge is 0.415 e. The fraction of sp³-hybridized carbons (Fsp3) is 0. The lowest BCUT2D eigenvalue weighted by molar-refractivity contribution is 0.442. The number of ether oxygens (including phenoxy) is 1. The van der Waals surface area contributed by atoms with Crippen molar-refractivity contribution in [3.63, 3.8) is 0 Å². The van der Waals surface area contributed by atoms with Crippen molar-refractivity contribution in [3.05, 3.63) is 10.8 Å². The van der Waals surface area contributed by atoms with Crippen molar-refractivity contribution in [3.8, 4) is 11.8 Å². The Morgan fingerprint density at radius 2 is 1.50 bits per heavy atom. The van der Waals surface area contributed by atoms with Gasteiger partial charge in [-0.15, -0.1) is 12.4 Å². The third kappa shape index (κ3) is 2.10. The van der Waals surface area contributed by atoms with Gasteiger partial charge in [-0.05, 0) is 23.1 Å². The zero-order chi connectivity index (χ0) is 7.52. The van der Waals surface area contributed by atoms with Crippen LogP contribution in [0.15, 0.2) is 10.8 Å². The smallest absolute Gasteiger partial charge is 0.253 e. The Morgan fingerprint density at radius 3 is 1.83 bits per heavy atom. The molecule has 8 heteroatoms. The normalized spacial score (nSPS) is 9.00. The lowest BCUT2D eigenvalue weighted by Gasteiger charge is -1.90. The van der Waals surface area contributed by atoms with Gasteiger partial charge in [0.1, 0.15) is 0 Å². The molecule has 0 amide bonds. The van der Waals surface area contributed by atoms with Crippen molar-refractivity contribution in [2.24, 2.45) is 0 Å². The molecule has 0 aliphatic carbocycles. The summed E-state index contributed by atoms with van der Waals surface area (Å²) in [6.45, 7) is 0. The van der Waals surface area contributed by atoms with Crippen LogP contribution in [-0.2, 0) is 0 Å². The zero-order valence-electron chi connectivity index (χ0n) is 5.58. The summed E-state index contributed by atoms with van der Waals surface area (Å²) in [6, 6.07) is 0. The fourth-order valence-corrected chi connectivity index (χ4v) is 1.23. The van der Waals surface area contributed by atoms with Gasteiger partial charge >= 0.3 is 0 Å². The lowest BCUT2D eigenvalue weighted by atomic mass is 10.8. The van der Waals surface area contributed by atoms with E-state index in [9.17, 15) is 0 Å². The second-order valence-electron chi connectivity index (χ2n) is 1.59. The summed E-state index contributed by atoms with van der Waals surface area (Å²) >= 11 is 2.46. The number of hydrogen-bond acceptors (Lipinski definition) is 7. The van der Waals surface area contributed by atoms with E-state index in [1.807, 2.05) is 0 Å². The molecule has 64 valence electrons. The fourth-order valence-electron chi connectivity index (χ4n) is 0.508. The molecule has 0 aromatic carbocycles. The summed E-state index contributed by atoms with van der Waals surface area (Å²) in [5.74, 6) is 0.922. The average molecular weight is 223 g/mol. The predicted molar refractivity (Wildman–Crippen MR) is 47.1 cm³/mol. The minimum absolute atomic E-state index is 0. The van der Waals surface area contributed by atoms with Crippen LogP contribution in [0.3, 0.4) is 0 Å². The molecule has 2 aromatic heterocycles. The van der Waals surface area contributed by atoms with Crippen LogP contribution in [0, 0.1) is 0 Å². The first-order valence-corrected chi connectivity index (χ1v) is 4.34. The van der Waals surface area contributed by atoms with Gasteiger partial charge in [-0.25, -0.2) is 0 Å². The van der Waals surface area contributed by atoms with Crippen LogP contribution in [0.5, 0.6) is 11.8 Å². The van der Waals surface area contributed by atoms with E-state index in [-0.39, 0.29) is 12.4 Å². The third-order valence-corrected chi connectivity index (χ3v) is 1.86. The standard InChI is InChI=1S/C4H2N4OS2.ClH/c1-3(5-7-10-1)9-4-2-11-8-6-4;/h1-2H;1H. The minimum Gasteiger partial charge on any atom is -0.415 e. The van der Waals surface area contributed by atoms with Gasteiger partial charge in [0, 0.05) is 0 Å². The summed E-state index contributed by atoms with van der Waals surface area (Å²) in [5, 5.41) is 10.7. The van der Waals surface area contributed by atoms with Crippen LogP contribution >= 0.6 is 35.5 Å². The van der Waals surface area contributed by atoms with E-state index in [1.54, 1.807) is 10.8 Å². The second-order valence-corrected chi connectivity index (χ2v) is 2.81. The molecule has 0 fully saturated rings. The van der Waals surface area contributed by atoms with E-state index in [0.29, 0.717) is 11.8 Å². The molecule has 0 N–H and O–H groups in total. The van der Waals surface area contributed by atoms with Gasteiger partial charge in [0.15, 0.2) is 0 Å². The van der Waals surface area contributed by atoms with Crippen LogP contribution in [-0.4, -0.2) is 19.2 Å². The molecule has 5 nitrogen and oxygen atoms in total. The van der Waals surface area contributed by atoms with Crippen molar-refractivity contribution in [1.29, 1.82) is 0 Å². The van der Waals surface area contributed by atoms with Crippen molar-refractivity contribution < 1.29 is 4.74 Å². The van der Waals surface area contributed by atoms with Crippen molar-refractivity contribution in [1.82, 2.24) is 19.2 Å². The molecule has 2 heterocycles. The molecular weight excluding hydrogens is 220 g/mol. The number of rotatable bonds is 2. The van der Waals surface area contributed by atoms with E-state index in [2.05, 4.69) is 19.2 Å². The maximum absolute atomic E-state index is 5.13. The molecule has 0 saturated carbocycles. The molecule has 0 unspecified atom stereocenters. The van der Waals surface area contributed by atoms with Gasteiger partial charge in [-0.3, -0.25) is 0 Å². The third-order valence-electron chi connectivity index (χ3n) is 0.889.